The van der Waals surface area contributed by atoms with Gasteiger partial charge in [-0.1, -0.05) is 42.1 Å². The quantitative estimate of drug-likeness (QED) is 0.492. The van der Waals surface area contributed by atoms with E-state index in [1.807, 2.05) is 48.7 Å². The van der Waals surface area contributed by atoms with Crippen LogP contribution in [0.3, 0.4) is 0 Å². The molecule has 0 saturated heterocycles. The minimum atomic E-state index is -3.56. The summed E-state index contributed by atoms with van der Waals surface area (Å²) in [5.41, 5.74) is 3.24. The Morgan fingerprint density at radius 3 is 2.45 bits per heavy atom. The molecule has 33 heavy (non-hydrogen) atoms. The molecule has 10 heteroatoms. The van der Waals surface area contributed by atoms with Crippen LogP contribution in [0.1, 0.15) is 22.4 Å². The Labute approximate surface area is 198 Å². The lowest BCUT2D eigenvalue weighted by Crippen LogP contribution is -2.22. The molecular formula is C23H25N5O3S2. The Balaban J connectivity index is 1.74. The van der Waals surface area contributed by atoms with Crippen molar-refractivity contribution in [2.45, 2.75) is 30.3 Å². The zero-order valence-electron chi connectivity index (χ0n) is 18.9. The van der Waals surface area contributed by atoms with Crippen molar-refractivity contribution in [3.63, 3.8) is 0 Å². The molecule has 1 aromatic carbocycles. The van der Waals surface area contributed by atoms with Gasteiger partial charge in [-0.15, -0.1) is 0 Å². The van der Waals surface area contributed by atoms with E-state index in [0.29, 0.717) is 23.0 Å². The van der Waals surface area contributed by atoms with Gasteiger partial charge in [-0.2, -0.15) is 5.26 Å². The highest BCUT2D eigenvalue weighted by atomic mass is 32.2. The minimum absolute atomic E-state index is 0.0618. The number of benzene rings is 1. The highest BCUT2D eigenvalue weighted by molar-refractivity contribution is 7.99. The second-order valence-electron chi connectivity index (χ2n) is 7.57. The van der Waals surface area contributed by atoms with Crippen LogP contribution in [0, 0.1) is 25.2 Å². The molecule has 0 aliphatic rings. The number of rotatable bonds is 8. The van der Waals surface area contributed by atoms with Gasteiger partial charge >= 0.3 is 0 Å². The predicted molar refractivity (Wildman–Crippen MR) is 129 cm³/mol. The number of thioether (sulfide) groups is 1. The van der Waals surface area contributed by atoms with Gasteiger partial charge in [-0.05, 0) is 37.1 Å². The number of sulfonamides is 1. The molecule has 1 N–H and O–H groups in total. The van der Waals surface area contributed by atoms with Crippen LogP contribution in [-0.2, 0) is 21.4 Å². The molecule has 0 fully saturated rings. The van der Waals surface area contributed by atoms with E-state index in [0.717, 1.165) is 21.1 Å². The number of nitrogens with one attached hydrogen (secondary N) is 1. The predicted octanol–water partition coefficient (Wildman–Crippen LogP) is 3.40. The Kier molecular flexibility index (Phi) is 7.58. The highest BCUT2D eigenvalue weighted by Crippen LogP contribution is 2.28. The summed E-state index contributed by atoms with van der Waals surface area (Å²) in [5, 5.41) is 13.1. The number of carbonyl (C=O) groups is 1. The van der Waals surface area contributed by atoms with Crippen LogP contribution in [0.25, 0.3) is 0 Å². The lowest BCUT2D eigenvalue weighted by Gasteiger charge is -2.13. The summed E-state index contributed by atoms with van der Waals surface area (Å²) in [5.74, 6) is 0.254. The zero-order valence-corrected chi connectivity index (χ0v) is 20.5. The van der Waals surface area contributed by atoms with Crippen molar-refractivity contribution in [3.8, 4) is 6.07 Å². The summed E-state index contributed by atoms with van der Waals surface area (Å²) < 4.78 is 27.4. The summed E-state index contributed by atoms with van der Waals surface area (Å²) in [7, 11) is -0.650. The maximum Gasteiger partial charge on any atom is 0.244 e. The van der Waals surface area contributed by atoms with Gasteiger partial charge in [0.15, 0.2) is 0 Å². The number of carbonyl (C=O) groups excluding carboxylic acids is 1. The molecule has 3 rings (SSSR count). The summed E-state index contributed by atoms with van der Waals surface area (Å²) >= 11 is 1.19. The molecule has 3 aromatic rings. The van der Waals surface area contributed by atoms with Crippen LogP contribution in [0.5, 0.6) is 0 Å². The molecule has 0 atom stereocenters. The third-order valence-corrected chi connectivity index (χ3v) is 7.96. The molecule has 0 aliphatic carbocycles. The van der Waals surface area contributed by atoms with Gasteiger partial charge in [0, 0.05) is 32.5 Å². The minimum Gasteiger partial charge on any atom is -0.326 e. The van der Waals surface area contributed by atoms with Gasteiger partial charge in [0.25, 0.3) is 0 Å². The summed E-state index contributed by atoms with van der Waals surface area (Å²) in [6.07, 6.45) is 1.28. The van der Waals surface area contributed by atoms with Crippen LogP contribution >= 0.6 is 11.8 Å². The second-order valence-corrected chi connectivity index (χ2v) is 10.7. The number of pyridine rings is 1. The summed E-state index contributed by atoms with van der Waals surface area (Å²) in [6.45, 7) is 4.32. The number of nitrogens with zero attached hydrogens (tertiary/aromatic N) is 4. The monoisotopic (exact) mass is 483 g/mol. The first-order valence-electron chi connectivity index (χ1n) is 10.1. The Hall–Kier alpha value is -3.13. The average Bonchev–Trinajstić information content (AvgIpc) is 3.02. The smallest absolute Gasteiger partial charge is 0.244 e. The molecule has 0 bridgehead atoms. The topological polar surface area (TPSA) is 108 Å². The van der Waals surface area contributed by atoms with E-state index in [2.05, 4.69) is 16.4 Å². The SMILES string of the molecule is Cc1c(C#N)c(NC(=O)CSc2ccc(S(=O)(=O)N(C)C)cn2)n(Cc2ccccc2)c1C. The lowest BCUT2D eigenvalue weighted by atomic mass is 10.2. The Morgan fingerprint density at radius 2 is 1.88 bits per heavy atom. The molecule has 8 nitrogen and oxygen atoms in total. The van der Waals surface area contributed by atoms with Crippen LogP contribution in [-0.4, -0.2) is 48.0 Å². The van der Waals surface area contributed by atoms with Crippen LogP contribution in [0.15, 0.2) is 58.6 Å². The van der Waals surface area contributed by atoms with E-state index in [9.17, 15) is 18.5 Å². The standard InChI is InChI=1S/C23H25N5O3S2/c1-16-17(2)28(14-18-8-6-5-7-9-18)23(20(16)12-24)26-21(29)15-32-22-11-10-19(13-25-22)33(30,31)27(3)4/h5-11,13H,14-15H2,1-4H3,(H,26,29). The average molecular weight is 484 g/mol. The van der Waals surface area contributed by atoms with Crippen molar-refractivity contribution in [1.82, 2.24) is 13.9 Å². The second kappa shape index (κ2) is 10.2. The number of hydrogen-bond acceptors (Lipinski definition) is 6. The van der Waals surface area contributed by atoms with Gasteiger partial charge in [-0.25, -0.2) is 17.7 Å². The van der Waals surface area contributed by atoms with Gasteiger partial charge in [0.2, 0.25) is 15.9 Å². The summed E-state index contributed by atoms with van der Waals surface area (Å²) in [4.78, 5) is 16.9. The van der Waals surface area contributed by atoms with E-state index >= 15 is 0 Å². The fourth-order valence-corrected chi connectivity index (χ4v) is 4.71. The maximum absolute atomic E-state index is 12.7. The molecule has 2 heterocycles. The molecule has 172 valence electrons. The van der Waals surface area contributed by atoms with Crippen LogP contribution in [0.2, 0.25) is 0 Å². The van der Waals surface area contributed by atoms with E-state index in [4.69, 9.17) is 0 Å². The fraction of sp³-hybridized carbons (Fsp3) is 0.261. The van der Waals surface area contributed by atoms with Gasteiger partial charge in [0.05, 0.1) is 16.3 Å². The molecule has 0 spiro atoms. The maximum atomic E-state index is 12.7. The van der Waals surface area contributed by atoms with Crippen molar-refractivity contribution >= 4 is 33.5 Å². The first-order valence-corrected chi connectivity index (χ1v) is 12.5. The van der Waals surface area contributed by atoms with Crippen molar-refractivity contribution in [2.24, 2.45) is 0 Å². The molecular weight excluding hydrogens is 458 g/mol. The number of anilines is 1. The van der Waals surface area contributed by atoms with Crippen molar-refractivity contribution in [2.75, 3.05) is 25.2 Å². The largest absolute Gasteiger partial charge is 0.326 e. The first-order chi connectivity index (χ1) is 15.6. The molecule has 0 radical (unpaired) electrons. The van der Waals surface area contributed by atoms with Crippen LogP contribution < -0.4 is 5.32 Å². The number of aromatic nitrogens is 2. The number of nitriles is 1. The van der Waals surface area contributed by atoms with E-state index in [1.54, 1.807) is 6.07 Å². The van der Waals surface area contributed by atoms with Crippen molar-refractivity contribution in [1.29, 1.82) is 5.26 Å². The first kappa shape index (κ1) is 24.5. The van der Waals surface area contributed by atoms with E-state index in [1.165, 1.54) is 38.1 Å². The summed E-state index contributed by atoms with van der Waals surface area (Å²) in [6, 6.07) is 15.1. The van der Waals surface area contributed by atoms with E-state index in [-0.39, 0.29) is 16.6 Å². The van der Waals surface area contributed by atoms with Gasteiger partial charge in [-0.3, -0.25) is 4.79 Å². The molecule has 1 amide bonds. The third-order valence-electron chi connectivity index (χ3n) is 5.22. The van der Waals surface area contributed by atoms with Crippen LogP contribution in [0.4, 0.5) is 5.82 Å². The number of amides is 1. The van der Waals surface area contributed by atoms with Crippen molar-refractivity contribution in [3.05, 3.63) is 71.0 Å². The fourth-order valence-electron chi connectivity index (χ4n) is 3.22. The Morgan fingerprint density at radius 1 is 1.18 bits per heavy atom. The molecule has 2 aromatic heterocycles. The van der Waals surface area contributed by atoms with E-state index < -0.39 is 10.0 Å². The lowest BCUT2D eigenvalue weighted by molar-refractivity contribution is -0.113. The van der Waals surface area contributed by atoms with Gasteiger partial charge in [0.1, 0.15) is 16.8 Å². The third kappa shape index (κ3) is 5.45. The molecule has 0 unspecified atom stereocenters. The number of hydrogen-bond donors (Lipinski definition) is 1. The normalized spacial score (nSPS) is 11.4. The zero-order chi connectivity index (χ0) is 24.2. The Bertz CT molecular complexity index is 1290. The molecule has 0 saturated carbocycles. The highest BCUT2D eigenvalue weighted by Gasteiger charge is 2.20. The van der Waals surface area contributed by atoms with Crippen molar-refractivity contribution < 1.29 is 13.2 Å². The molecule has 0 aliphatic heterocycles. The van der Waals surface area contributed by atoms with Gasteiger partial charge < -0.3 is 9.88 Å².